The van der Waals surface area contributed by atoms with Gasteiger partial charge in [-0.15, -0.1) is 22.7 Å². The van der Waals surface area contributed by atoms with E-state index < -0.39 is 0 Å². The quantitative estimate of drug-likeness (QED) is 0.169. The van der Waals surface area contributed by atoms with Crippen molar-refractivity contribution >= 4 is 42.8 Å². The Balaban J connectivity index is 1.60. The predicted octanol–water partition coefficient (Wildman–Crippen LogP) is 14.1. The summed E-state index contributed by atoms with van der Waals surface area (Å²) in [6, 6.07) is 65.9. The Labute approximate surface area is 288 Å². The van der Waals surface area contributed by atoms with Gasteiger partial charge >= 0.3 is 0 Å². The third-order valence-electron chi connectivity index (χ3n) is 9.09. The third kappa shape index (κ3) is 4.81. The number of fused-ring (bicyclic) bond motifs is 3. The standard InChI is InChI=1S/C46H30S2/c1-7-19-31(20-8-1)37-38(32-21-9-2-10-22-32)46-42(40(34-25-13-4-14-26-34)44(48-46)36-29-17-6-18-30-36)41-39(33-23-11-3-12-24-33)43(47-45(37)41)35-27-15-5-16-28-35/h1-30H. The molecule has 0 aliphatic carbocycles. The van der Waals surface area contributed by atoms with Crippen molar-refractivity contribution in [2.45, 2.75) is 0 Å². The molecule has 0 fully saturated rings. The first kappa shape index (κ1) is 28.7. The minimum absolute atomic E-state index is 1.24. The Hall–Kier alpha value is -5.54. The SMILES string of the molecule is c1ccc(-c2sc3c(-c4ccccc4)c(-c4ccccc4)c4sc(-c5ccccc5)c(-c5ccccc5)c4c3c2-c2ccccc2)cc1. The molecule has 0 radical (unpaired) electrons. The molecule has 0 bridgehead atoms. The number of hydrogen-bond acceptors (Lipinski definition) is 2. The normalized spacial score (nSPS) is 11.3. The fraction of sp³-hybridized carbons (Fsp3) is 0. The van der Waals surface area contributed by atoms with Gasteiger partial charge in [0.25, 0.3) is 0 Å². The molecular weight excluding hydrogens is 617 g/mol. The molecule has 0 amide bonds. The summed E-state index contributed by atoms with van der Waals surface area (Å²) in [6.45, 7) is 0. The highest BCUT2D eigenvalue weighted by Crippen LogP contribution is 2.59. The Morgan fingerprint density at radius 2 is 0.458 bits per heavy atom. The molecule has 9 rings (SSSR count). The number of hydrogen-bond donors (Lipinski definition) is 0. The molecule has 0 unspecified atom stereocenters. The summed E-state index contributed by atoms with van der Waals surface area (Å²) in [5.74, 6) is 0. The second-order valence-corrected chi connectivity index (χ2v) is 14.0. The van der Waals surface area contributed by atoms with Gasteiger partial charge in [0.15, 0.2) is 0 Å². The average Bonchev–Trinajstić information content (AvgIpc) is 3.76. The first-order valence-corrected chi connectivity index (χ1v) is 17.9. The van der Waals surface area contributed by atoms with Gasteiger partial charge in [-0.25, -0.2) is 0 Å². The summed E-state index contributed by atoms with van der Waals surface area (Å²) in [7, 11) is 0. The number of rotatable bonds is 6. The fourth-order valence-electron chi connectivity index (χ4n) is 7.03. The van der Waals surface area contributed by atoms with E-state index in [-0.39, 0.29) is 0 Å². The Morgan fingerprint density at radius 3 is 0.729 bits per heavy atom. The number of thiophene rings is 2. The second-order valence-electron chi connectivity index (χ2n) is 12.0. The molecule has 2 heteroatoms. The highest BCUT2D eigenvalue weighted by Gasteiger charge is 2.29. The molecular formula is C46H30S2. The monoisotopic (exact) mass is 646 g/mol. The van der Waals surface area contributed by atoms with Crippen LogP contribution in [0.2, 0.25) is 0 Å². The van der Waals surface area contributed by atoms with Crippen LogP contribution in [0.5, 0.6) is 0 Å². The van der Waals surface area contributed by atoms with E-state index in [1.165, 1.54) is 85.6 Å². The molecule has 0 saturated carbocycles. The predicted molar refractivity (Wildman–Crippen MR) is 210 cm³/mol. The molecule has 0 aliphatic rings. The maximum Gasteiger partial charge on any atom is 0.0447 e. The van der Waals surface area contributed by atoms with Crippen molar-refractivity contribution in [2.75, 3.05) is 0 Å². The van der Waals surface area contributed by atoms with Gasteiger partial charge in [-0.1, -0.05) is 182 Å². The van der Waals surface area contributed by atoms with E-state index >= 15 is 0 Å². The van der Waals surface area contributed by atoms with Gasteiger partial charge in [-0.3, -0.25) is 0 Å². The fourth-order valence-corrected chi connectivity index (χ4v) is 9.84. The van der Waals surface area contributed by atoms with Crippen molar-refractivity contribution < 1.29 is 0 Å². The Kier molecular flexibility index (Phi) is 7.31. The first-order chi connectivity index (χ1) is 23.9. The summed E-state index contributed by atoms with van der Waals surface area (Å²) in [5.41, 5.74) is 12.6. The summed E-state index contributed by atoms with van der Waals surface area (Å²) < 4.78 is 2.64. The third-order valence-corrected chi connectivity index (χ3v) is 11.6. The maximum atomic E-state index is 2.28. The van der Waals surface area contributed by atoms with Crippen molar-refractivity contribution in [1.29, 1.82) is 0 Å². The van der Waals surface area contributed by atoms with Gasteiger partial charge in [-0.2, -0.15) is 0 Å². The van der Waals surface area contributed by atoms with Crippen LogP contribution in [0, 0.1) is 0 Å². The molecule has 0 spiro atoms. The van der Waals surface area contributed by atoms with E-state index in [1.54, 1.807) is 0 Å². The minimum atomic E-state index is 1.24. The van der Waals surface area contributed by atoms with Gasteiger partial charge in [0.05, 0.1) is 0 Å². The van der Waals surface area contributed by atoms with E-state index in [0.29, 0.717) is 0 Å². The zero-order valence-electron chi connectivity index (χ0n) is 26.1. The van der Waals surface area contributed by atoms with Crippen LogP contribution in [0.3, 0.4) is 0 Å². The first-order valence-electron chi connectivity index (χ1n) is 16.3. The van der Waals surface area contributed by atoms with Gasteiger partial charge < -0.3 is 0 Å². The van der Waals surface area contributed by atoms with Crippen molar-refractivity contribution in [1.82, 2.24) is 0 Å². The second kappa shape index (κ2) is 12.2. The van der Waals surface area contributed by atoms with Gasteiger partial charge in [0.1, 0.15) is 0 Å². The highest BCUT2D eigenvalue weighted by molar-refractivity contribution is 7.26. The van der Waals surface area contributed by atoms with Crippen molar-refractivity contribution in [3.63, 3.8) is 0 Å². The van der Waals surface area contributed by atoms with Gasteiger partial charge in [-0.05, 0) is 33.4 Å². The zero-order valence-corrected chi connectivity index (χ0v) is 27.8. The minimum Gasteiger partial charge on any atom is -0.134 e. The van der Waals surface area contributed by atoms with E-state index in [2.05, 4.69) is 182 Å². The van der Waals surface area contributed by atoms with Crippen LogP contribution in [0.15, 0.2) is 182 Å². The zero-order chi connectivity index (χ0) is 31.9. The lowest BCUT2D eigenvalue weighted by molar-refractivity contribution is 1.64. The average molecular weight is 647 g/mol. The highest BCUT2D eigenvalue weighted by atomic mass is 32.1. The summed E-state index contributed by atoms with van der Waals surface area (Å²) in [6.07, 6.45) is 0. The van der Waals surface area contributed by atoms with E-state index in [4.69, 9.17) is 0 Å². The molecule has 0 nitrogen and oxygen atoms in total. The lowest BCUT2D eigenvalue weighted by Gasteiger charge is -2.16. The summed E-state index contributed by atoms with van der Waals surface area (Å²) >= 11 is 3.86. The van der Waals surface area contributed by atoms with Gasteiger partial charge in [0, 0.05) is 52.2 Å². The Morgan fingerprint density at radius 1 is 0.229 bits per heavy atom. The topological polar surface area (TPSA) is 0 Å². The molecule has 9 aromatic rings. The molecule has 226 valence electrons. The molecule has 0 aliphatic heterocycles. The molecule has 0 atom stereocenters. The molecule has 2 heterocycles. The van der Waals surface area contributed by atoms with Crippen LogP contribution >= 0.6 is 22.7 Å². The van der Waals surface area contributed by atoms with E-state index in [0.717, 1.165) is 0 Å². The van der Waals surface area contributed by atoms with Crippen LogP contribution in [0.25, 0.3) is 85.6 Å². The van der Waals surface area contributed by atoms with E-state index in [1.807, 2.05) is 22.7 Å². The maximum absolute atomic E-state index is 2.28. The van der Waals surface area contributed by atoms with Crippen LogP contribution in [-0.4, -0.2) is 0 Å². The number of benzene rings is 7. The molecule has 2 aromatic heterocycles. The molecule has 0 saturated heterocycles. The molecule has 48 heavy (non-hydrogen) atoms. The smallest absolute Gasteiger partial charge is 0.0447 e. The van der Waals surface area contributed by atoms with Crippen LogP contribution in [0.4, 0.5) is 0 Å². The summed E-state index contributed by atoms with van der Waals surface area (Å²) in [4.78, 5) is 2.60. The van der Waals surface area contributed by atoms with Gasteiger partial charge in [0.2, 0.25) is 0 Å². The van der Waals surface area contributed by atoms with E-state index in [9.17, 15) is 0 Å². The molecule has 7 aromatic carbocycles. The lowest BCUT2D eigenvalue weighted by atomic mass is 9.86. The van der Waals surface area contributed by atoms with Crippen molar-refractivity contribution in [2.24, 2.45) is 0 Å². The largest absolute Gasteiger partial charge is 0.134 e. The van der Waals surface area contributed by atoms with Crippen LogP contribution in [0.1, 0.15) is 0 Å². The van der Waals surface area contributed by atoms with Crippen molar-refractivity contribution in [3.8, 4) is 65.4 Å². The van der Waals surface area contributed by atoms with Crippen LogP contribution in [-0.2, 0) is 0 Å². The summed E-state index contributed by atoms with van der Waals surface area (Å²) in [5, 5.41) is 2.66. The lowest BCUT2D eigenvalue weighted by Crippen LogP contribution is -1.89. The Bertz CT molecular complexity index is 2320. The van der Waals surface area contributed by atoms with Crippen molar-refractivity contribution in [3.05, 3.63) is 182 Å². The molecule has 0 N–H and O–H groups in total. The van der Waals surface area contributed by atoms with Crippen LogP contribution < -0.4 is 0 Å².